The number of Topliss-reactive ketones (excluding diaryl/α,β-unsaturated/α-hetero) is 1. The number of aromatic nitrogens is 3. The van der Waals surface area contributed by atoms with Crippen molar-refractivity contribution in [2.24, 2.45) is 0 Å². The third-order valence-corrected chi connectivity index (χ3v) is 1.74. The predicted molar refractivity (Wildman–Crippen MR) is 40.5 cm³/mol. The highest BCUT2D eigenvalue weighted by atomic mass is 35.5. The van der Waals surface area contributed by atoms with Gasteiger partial charge in [0.15, 0.2) is 0 Å². The summed E-state index contributed by atoms with van der Waals surface area (Å²) in [4.78, 5) is 14.3. The highest BCUT2D eigenvalue weighted by Gasteiger charge is 2.28. The van der Waals surface area contributed by atoms with Crippen LogP contribution in [0.1, 0.15) is 18.9 Å². The van der Waals surface area contributed by atoms with Crippen molar-refractivity contribution < 1.29 is 4.79 Å². The van der Waals surface area contributed by atoms with Gasteiger partial charge in [0.25, 0.3) is 0 Å². The predicted octanol–water partition coefficient (Wildman–Crippen LogP) is 0.604. The van der Waals surface area contributed by atoms with Gasteiger partial charge in [-0.25, -0.2) is 9.67 Å². The number of hydrogen-bond acceptors (Lipinski definition) is 3. The summed E-state index contributed by atoms with van der Waals surface area (Å²) < 4.78 is 1.74. The molecule has 1 aliphatic carbocycles. The zero-order valence-corrected chi connectivity index (χ0v) is 6.62. The maximum atomic E-state index is 10.5. The van der Waals surface area contributed by atoms with Gasteiger partial charge in [0.05, 0.1) is 6.04 Å². The number of carbonyl (C=O) groups excluding carboxylic acids is 1. The molecular formula is C6H8ClN3O. The molecule has 0 aromatic carbocycles. The molecule has 60 valence electrons. The van der Waals surface area contributed by atoms with Crippen LogP contribution in [0, 0.1) is 0 Å². The van der Waals surface area contributed by atoms with Crippen LogP contribution in [0.5, 0.6) is 0 Å². The minimum atomic E-state index is 0. The minimum absolute atomic E-state index is 0. The van der Waals surface area contributed by atoms with Crippen molar-refractivity contribution in [3.8, 4) is 0 Å². The third kappa shape index (κ3) is 1.40. The molecule has 0 aliphatic heterocycles. The zero-order valence-electron chi connectivity index (χ0n) is 5.80. The van der Waals surface area contributed by atoms with E-state index in [1.54, 1.807) is 11.0 Å². The van der Waals surface area contributed by atoms with Crippen molar-refractivity contribution in [1.82, 2.24) is 14.8 Å². The molecule has 4 nitrogen and oxygen atoms in total. The maximum absolute atomic E-state index is 10.5. The molecule has 0 bridgehead atoms. The second-order valence-corrected chi connectivity index (χ2v) is 2.48. The number of hydrogen-bond donors (Lipinski definition) is 0. The quantitative estimate of drug-likeness (QED) is 0.625. The average molecular weight is 174 g/mol. The Labute approximate surface area is 70.0 Å². The van der Waals surface area contributed by atoms with Gasteiger partial charge in [-0.2, -0.15) is 5.10 Å². The Morgan fingerprint density at radius 3 is 2.73 bits per heavy atom. The highest BCUT2D eigenvalue weighted by molar-refractivity contribution is 5.85. The van der Waals surface area contributed by atoms with Crippen LogP contribution in [0.25, 0.3) is 0 Å². The van der Waals surface area contributed by atoms with E-state index < -0.39 is 0 Å². The molecule has 1 aromatic heterocycles. The second kappa shape index (κ2) is 3.00. The van der Waals surface area contributed by atoms with Gasteiger partial charge in [-0.1, -0.05) is 0 Å². The smallest absolute Gasteiger partial charge is 0.137 e. The standard InChI is InChI=1S/C6H7N3O.ClH/c10-6-1-5(2-6)9-4-7-3-8-9;/h3-5H,1-2H2;1H. The number of halogens is 1. The van der Waals surface area contributed by atoms with Crippen LogP contribution in [-0.4, -0.2) is 20.5 Å². The van der Waals surface area contributed by atoms with Gasteiger partial charge in [-0.15, -0.1) is 12.4 Å². The number of nitrogens with zero attached hydrogens (tertiary/aromatic N) is 3. The molecule has 1 aromatic rings. The fourth-order valence-electron chi connectivity index (χ4n) is 1.06. The van der Waals surface area contributed by atoms with Crippen molar-refractivity contribution >= 4 is 18.2 Å². The molecule has 5 heteroatoms. The SMILES string of the molecule is Cl.O=C1CC(n2cncn2)C1. The van der Waals surface area contributed by atoms with Crippen LogP contribution in [0.15, 0.2) is 12.7 Å². The van der Waals surface area contributed by atoms with Crippen molar-refractivity contribution in [2.45, 2.75) is 18.9 Å². The van der Waals surface area contributed by atoms with E-state index in [0.717, 1.165) is 0 Å². The molecule has 1 saturated carbocycles. The van der Waals surface area contributed by atoms with E-state index >= 15 is 0 Å². The Morgan fingerprint density at radius 1 is 1.55 bits per heavy atom. The summed E-state index contributed by atoms with van der Waals surface area (Å²) in [5, 5.41) is 3.93. The van der Waals surface area contributed by atoms with E-state index in [1.165, 1.54) is 6.33 Å². The van der Waals surface area contributed by atoms with Crippen LogP contribution in [0.4, 0.5) is 0 Å². The van der Waals surface area contributed by atoms with E-state index in [9.17, 15) is 4.79 Å². The fourth-order valence-corrected chi connectivity index (χ4v) is 1.06. The molecule has 0 amide bonds. The van der Waals surface area contributed by atoms with Crippen LogP contribution < -0.4 is 0 Å². The summed E-state index contributed by atoms with van der Waals surface area (Å²) in [6, 6.07) is 0.287. The first-order valence-electron chi connectivity index (χ1n) is 3.22. The normalized spacial score (nSPS) is 17.3. The molecule has 1 heterocycles. The minimum Gasteiger partial charge on any atom is -0.300 e. The molecule has 11 heavy (non-hydrogen) atoms. The first-order chi connectivity index (χ1) is 4.86. The summed E-state index contributed by atoms with van der Waals surface area (Å²) in [7, 11) is 0. The number of carbonyl (C=O) groups is 1. The number of rotatable bonds is 1. The molecule has 0 unspecified atom stereocenters. The molecule has 0 spiro atoms. The lowest BCUT2D eigenvalue weighted by Gasteiger charge is -2.23. The van der Waals surface area contributed by atoms with Gasteiger partial charge in [0, 0.05) is 12.8 Å². The Balaban J connectivity index is 0.000000605. The summed E-state index contributed by atoms with van der Waals surface area (Å²) >= 11 is 0. The Kier molecular flexibility index (Phi) is 2.24. The summed E-state index contributed by atoms with van der Waals surface area (Å²) in [5.74, 6) is 0.320. The van der Waals surface area contributed by atoms with E-state index in [0.29, 0.717) is 18.6 Å². The molecule has 0 saturated heterocycles. The summed E-state index contributed by atoms with van der Waals surface area (Å²) in [5.41, 5.74) is 0. The summed E-state index contributed by atoms with van der Waals surface area (Å²) in [6.07, 6.45) is 4.40. The number of ketones is 1. The van der Waals surface area contributed by atoms with Gasteiger partial charge in [0.2, 0.25) is 0 Å². The molecule has 1 aliphatic rings. The van der Waals surface area contributed by atoms with Crippen molar-refractivity contribution in [1.29, 1.82) is 0 Å². The van der Waals surface area contributed by atoms with Crippen LogP contribution in [-0.2, 0) is 4.79 Å². The van der Waals surface area contributed by atoms with E-state index in [-0.39, 0.29) is 18.4 Å². The van der Waals surface area contributed by atoms with Crippen molar-refractivity contribution in [3.63, 3.8) is 0 Å². The first kappa shape index (κ1) is 8.20. The average Bonchev–Trinajstić information content (AvgIpc) is 2.31. The topological polar surface area (TPSA) is 47.8 Å². The lowest BCUT2D eigenvalue weighted by Crippen LogP contribution is -2.26. The van der Waals surface area contributed by atoms with Crippen LogP contribution in [0.3, 0.4) is 0 Å². The van der Waals surface area contributed by atoms with E-state index in [4.69, 9.17) is 0 Å². The monoisotopic (exact) mass is 173 g/mol. The van der Waals surface area contributed by atoms with Crippen molar-refractivity contribution in [2.75, 3.05) is 0 Å². The van der Waals surface area contributed by atoms with Gasteiger partial charge >= 0.3 is 0 Å². The highest BCUT2D eigenvalue weighted by Crippen LogP contribution is 2.26. The summed E-state index contributed by atoms with van der Waals surface area (Å²) in [6.45, 7) is 0. The van der Waals surface area contributed by atoms with E-state index in [1.807, 2.05) is 0 Å². The molecular weight excluding hydrogens is 166 g/mol. The Hall–Kier alpha value is -0.900. The van der Waals surface area contributed by atoms with Gasteiger partial charge in [-0.3, -0.25) is 4.79 Å². The van der Waals surface area contributed by atoms with Crippen molar-refractivity contribution in [3.05, 3.63) is 12.7 Å². The van der Waals surface area contributed by atoms with Gasteiger partial charge < -0.3 is 0 Å². The maximum Gasteiger partial charge on any atom is 0.137 e. The lowest BCUT2D eigenvalue weighted by molar-refractivity contribution is -0.126. The molecule has 2 rings (SSSR count). The molecule has 0 radical (unpaired) electrons. The Morgan fingerprint density at radius 2 is 2.27 bits per heavy atom. The van der Waals surface area contributed by atoms with Gasteiger partial charge in [0.1, 0.15) is 18.4 Å². The third-order valence-electron chi connectivity index (χ3n) is 1.74. The lowest BCUT2D eigenvalue weighted by atomic mass is 9.92. The van der Waals surface area contributed by atoms with Crippen LogP contribution >= 0.6 is 12.4 Å². The van der Waals surface area contributed by atoms with Gasteiger partial charge in [-0.05, 0) is 0 Å². The van der Waals surface area contributed by atoms with Crippen LogP contribution in [0.2, 0.25) is 0 Å². The molecule has 0 N–H and O–H groups in total. The fraction of sp³-hybridized carbons (Fsp3) is 0.500. The zero-order chi connectivity index (χ0) is 6.97. The largest absolute Gasteiger partial charge is 0.300 e. The Bertz CT molecular complexity index is 238. The second-order valence-electron chi connectivity index (χ2n) is 2.48. The molecule has 1 fully saturated rings. The molecule has 0 atom stereocenters. The van der Waals surface area contributed by atoms with E-state index in [2.05, 4.69) is 10.1 Å². The first-order valence-corrected chi connectivity index (χ1v) is 3.22.